The molecular formula is C29H50N2O7. The number of aliphatic carboxylic acids is 1. The maximum absolute atomic E-state index is 12.4. The van der Waals surface area contributed by atoms with Crippen LogP contribution in [0.4, 0.5) is 4.79 Å². The van der Waals surface area contributed by atoms with Crippen molar-refractivity contribution in [2.45, 2.75) is 104 Å². The van der Waals surface area contributed by atoms with Crippen LogP contribution in [-0.4, -0.2) is 83.7 Å². The molecule has 0 spiro atoms. The Balaban J connectivity index is 0. The summed E-state index contributed by atoms with van der Waals surface area (Å²) in [5, 5.41) is 9.55. The standard InChI is InChI=1S/C18H25NO5.C6H15N.C5H10O2/c1-13(12-20)19(17(23)24-18(2,3)4)15(16(21)22)11-10-14-8-6-5-7-9-14;1-4-5-6-7(2)3;1-5(2,3)7-4-6/h5-9,12-13,15H,10-11H2,1-4H3,(H,21,22);4-6H2,1-3H3;4H,1-3H3. The molecule has 1 amide bonds. The molecule has 9 nitrogen and oxygen atoms in total. The highest BCUT2D eigenvalue weighted by Crippen LogP contribution is 2.18. The molecule has 1 aromatic carbocycles. The highest BCUT2D eigenvalue weighted by atomic mass is 16.6. The Morgan fingerprint density at radius 1 is 1.00 bits per heavy atom. The molecule has 2 unspecified atom stereocenters. The van der Waals surface area contributed by atoms with Gasteiger partial charge in [-0.15, -0.1) is 0 Å². The van der Waals surface area contributed by atoms with Gasteiger partial charge in [-0.3, -0.25) is 9.69 Å². The lowest BCUT2D eigenvalue weighted by Crippen LogP contribution is -2.52. The Labute approximate surface area is 229 Å². The van der Waals surface area contributed by atoms with Gasteiger partial charge in [0, 0.05) is 0 Å². The van der Waals surface area contributed by atoms with Crippen molar-refractivity contribution in [2.24, 2.45) is 0 Å². The minimum atomic E-state index is -1.16. The number of unbranched alkanes of at least 4 members (excludes halogenated alkanes) is 1. The minimum Gasteiger partial charge on any atom is -0.480 e. The van der Waals surface area contributed by atoms with E-state index < -0.39 is 29.7 Å². The van der Waals surface area contributed by atoms with E-state index in [1.807, 2.05) is 51.1 Å². The number of aryl methyl sites for hydroxylation is 1. The second-order valence-corrected chi connectivity index (χ2v) is 11.1. The number of hydrogen-bond acceptors (Lipinski definition) is 7. The van der Waals surface area contributed by atoms with Gasteiger partial charge in [0.15, 0.2) is 0 Å². The summed E-state index contributed by atoms with van der Waals surface area (Å²) >= 11 is 0. The van der Waals surface area contributed by atoms with Gasteiger partial charge in [-0.25, -0.2) is 9.59 Å². The van der Waals surface area contributed by atoms with Crippen LogP contribution in [0, 0.1) is 0 Å². The number of carbonyl (C=O) groups is 4. The molecule has 1 aromatic rings. The monoisotopic (exact) mass is 538 g/mol. The first-order valence-corrected chi connectivity index (χ1v) is 13.0. The number of aldehydes is 1. The van der Waals surface area contributed by atoms with Gasteiger partial charge in [0.2, 0.25) is 0 Å². The molecule has 0 heterocycles. The zero-order valence-corrected chi connectivity index (χ0v) is 25.0. The smallest absolute Gasteiger partial charge is 0.411 e. The van der Waals surface area contributed by atoms with E-state index >= 15 is 0 Å². The molecule has 0 radical (unpaired) electrons. The summed E-state index contributed by atoms with van der Waals surface area (Å²) in [6.45, 7) is 15.9. The number of hydrogen-bond donors (Lipinski definition) is 1. The number of benzene rings is 1. The number of amides is 1. The third kappa shape index (κ3) is 20.2. The average molecular weight is 539 g/mol. The molecule has 0 aliphatic heterocycles. The highest BCUT2D eigenvalue weighted by Gasteiger charge is 2.36. The van der Waals surface area contributed by atoms with E-state index in [9.17, 15) is 24.3 Å². The van der Waals surface area contributed by atoms with Gasteiger partial charge in [-0.2, -0.15) is 0 Å². The maximum Gasteiger partial charge on any atom is 0.411 e. The number of rotatable bonds is 11. The zero-order valence-electron chi connectivity index (χ0n) is 25.0. The summed E-state index contributed by atoms with van der Waals surface area (Å²) in [7, 11) is 4.21. The van der Waals surface area contributed by atoms with Crippen LogP contribution >= 0.6 is 0 Å². The van der Waals surface area contributed by atoms with Crippen molar-refractivity contribution in [1.29, 1.82) is 0 Å². The quantitative estimate of drug-likeness (QED) is 0.382. The van der Waals surface area contributed by atoms with Gasteiger partial charge in [-0.05, 0) is 93.9 Å². The molecule has 2 atom stereocenters. The predicted molar refractivity (Wildman–Crippen MR) is 150 cm³/mol. The second kappa shape index (κ2) is 19.2. The molecule has 0 aliphatic rings. The average Bonchev–Trinajstić information content (AvgIpc) is 2.79. The van der Waals surface area contributed by atoms with Crippen molar-refractivity contribution < 1.29 is 33.8 Å². The van der Waals surface area contributed by atoms with Crippen molar-refractivity contribution in [2.75, 3.05) is 20.6 Å². The fourth-order valence-electron chi connectivity index (χ4n) is 2.91. The topological polar surface area (TPSA) is 113 Å². The van der Waals surface area contributed by atoms with Crippen LogP contribution in [0.25, 0.3) is 0 Å². The van der Waals surface area contributed by atoms with Crippen molar-refractivity contribution in [3.63, 3.8) is 0 Å². The first-order valence-electron chi connectivity index (χ1n) is 13.0. The Morgan fingerprint density at radius 2 is 1.55 bits per heavy atom. The first-order chi connectivity index (χ1) is 17.5. The molecule has 1 N–H and O–H groups in total. The predicted octanol–water partition coefficient (Wildman–Crippen LogP) is 5.20. The van der Waals surface area contributed by atoms with Crippen LogP contribution in [0.3, 0.4) is 0 Å². The van der Waals surface area contributed by atoms with Crippen LogP contribution in [0.5, 0.6) is 0 Å². The van der Waals surface area contributed by atoms with E-state index in [0.717, 1.165) is 10.5 Å². The fourth-order valence-corrected chi connectivity index (χ4v) is 2.91. The third-order valence-electron chi connectivity index (χ3n) is 4.77. The largest absolute Gasteiger partial charge is 0.480 e. The van der Waals surface area contributed by atoms with E-state index in [0.29, 0.717) is 19.2 Å². The van der Waals surface area contributed by atoms with Gasteiger partial charge in [0.1, 0.15) is 23.5 Å². The molecule has 38 heavy (non-hydrogen) atoms. The zero-order chi connectivity index (χ0) is 29.9. The summed E-state index contributed by atoms with van der Waals surface area (Å²) in [4.78, 5) is 48.1. The van der Waals surface area contributed by atoms with Gasteiger partial charge >= 0.3 is 12.1 Å². The Bertz CT molecular complexity index is 799. The Hall–Kier alpha value is -2.94. The molecule has 0 aliphatic carbocycles. The summed E-state index contributed by atoms with van der Waals surface area (Å²) < 4.78 is 9.82. The van der Waals surface area contributed by atoms with Crippen molar-refractivity contribution >= 4 is 24.8 Å². The van der Waals surface area contributed by atoms with Gasteiger partial charge in [0.05, 0.1) is 6.04 Å². The van der Waals surface area contributed by atoms with Crippen LogP contribution in [0.1, 0.15) is 80.2 Å². The van der Waals surface area contributed by atoms with E-state index in [2.05, 4.69) is 30.7 Å². The molecule has 1 rings (SSSR count). The highest BCUT2D eigenvalue weighted by molar-refractivity contribution is 5.82. The second-order valence-electron chi connectivity index (χ2n) is 11.1. The molecule has 0 saturated carbocycles. The number of ether oxygens (including phenoxy) is 2. The van der Waals surface area contributed by atoms with Crippen LogP contribution < -0.4 is 0 Å². The third-order valence-corrected chi connectivity index (χ3v) is 4.77. The van der Waals surface area contributed by atoms with Crippen LogP contribution in [-0.2, 0) is 30.3 Å². The van der Waals surface area contributed by atoms with Gasteiger partial charge in [0.25, 0.3) is 6.47 Å². The van der Waals surface area contributed by atoms with E-state index in [1.54, 1.807) is 20.8 Å². The molecule has 0 fully saturated rings. The van der Waals surface area contributed by atoms with Gasteiger partial charge < -0.3 is 24.3 Å². The summed E-state index contributed by atoms with van der Waals surface area (Å²) in [5.41, 5.74) is -0.131. The van der Waals surface area contributed by atoms with Crippen LogP contribution in [0.2, 0.25) is 0 Å². The normalized spacial score (nSPS) is 12.5. The van der Waals surface area contributed by atoms with Gasteiger partial charge in [-0.1, -0.05) is 43.7 Å². The van der Waals surface area contributed by atoms with E-state index in [-0.39, 0.29) is 12.0 Å². The lowest BCUT2D eigenvalue weighted by atomic mass is 10.0. The van der Waals surface area contributed by atoms with E-state index in [4.69, 9.17) is 4.74 Å². The van der Waals surface area contributed by atoms with E-state index in [1.165, 1.54) is 26.3 Å². The molecule has 218 valence electrons. The molecule has 0 saturated heterocycles. The first kappa shape index (κ1) is 37.2. The SMILES string of the molecule is CC(C)(C)OC=O.CC(C=O)N(C(=O)OC(C)(C)C)C(CCc1ccccc1)C(=O)O.CCCCN(C)C. The number of carboxylic acids is 1. The molecular weight excluding hydrogens is 488 g/mol. The summed E-state index contributed by atoms with van der Waals surface area (Å²) in [5.74, 6) is -1.16. The minimum absolute atomic E-state index is 0.191. The maximum atomic E-state index is 12.4. The number of nitrogens with zero attached hydrogens (tertiary/aromatic N) is 2. The Kier molecular flexibility index (Phi) is 18.8. The lowest BCUT2D eigenvalue weighted by Gasteiger charge is -2.33. The number of carbonyl (C=O) groups excluding carboxylic acids is 3. The summed E-state index contributed by atoms with van der Waals surface area (Å²) in [6, 6.07) is 7.35. The molecule has 0 aromatic heterocycles. The van der Waals surface area contributed by atoms with Crippen molar-refractivity contribution in [1.82, 2.24) is 9.80 Å². The summed E-state index contributed by atoms with van der Waals surface area (Å²) in [6.07, 6.45) is 3.04. The molecule has 0 bridgehead atoms. The van der Waals surface area contributed by atoms with Crippen molar-refractivity contribution in [3.05, 3.63) is 35.9 Å². The Morgan fingerprint density at radius 3 is 1.87 bits per heavy atom. The lowest BCUT2D eigenvalue weighted by molar-refractivity contribution is -0.144. The van der Waals surface area contributed by atoms with Crippen molar-refractivity contribution in [3.8, 4) is 0 Å². The molecule has 9 heteroatoms. The van der Waals surface area contributed by atoms with Crippen LogP contribution in [0.15, 0.2) is 30.3 Å². The number of carboxylic acid groups (broad SMARTS) is 1. The fraction of sp³-hybridized carbons (Fsp3) is 0.655.